The molecule has 0 aliphatic heterocycles. The molecule has 0 saturated heterocycles. The van der Waals surface area contributed by atoms with Gasteiger partial charge in [0.1, 0.15) is 0 Å². The minimum Gasteiger partial charge on any atom is -0.387 e. The molecule has 3 N–H and O–H groups in total. The number of aliphatic hydroxyl groups is 1. The van der Waals surface area contributed by atoms with E-state index >= 15 is 0 Å². The van der Waals surface area contributed by atoms with Crippen LogP contribution in [0.25, 0.3) is 0 Å². The van der Waals surface area contributed by atoms with Crippen molar-refractivity contribution in [3.8, 4) is 0 Å². The number of hydrogen-bond donors (Lipinski definition) is 3. The molecule has 2 aromatic heterocycles. The third-order valence-corrected chi connectivity index (χ3v) is 6.27. The van der Waals surface area contributed by atoms with Crippen LogP contribution in [0, 0.1) is 0 Å². The molecule has 25 heavy (non-hydrogen) atoms. The summed E-state index contributed by atoms with van der Waals surface area (Å²) in [6.45, 7) is 4.53. The second kappa shape index (κ2) is 7.03. The van der Waals surface area contributed by atoms with Crippen molar-refractivity contribution in [3.63, 3.8) is 0 Å². The van der Waals surface area contributed by atoms with Gasteiger partial charge < -0.3 is 15.1 Å². The summed E-state index contributed by atoms with van der Waals surface area (Å²) in [6, 6.07) is 0. The Balaban J connectivity index is 1.78. The summed E-state index contributed by atoms with van der Waals surface area (Å²) in [5, 5.41) is 10.5. The fraction of sp³-hybridized carbons (Fsp3) is 0.636. The van der Waals surface area contributed by atoms with E-state index in [0.29, 0.717) is 5.92 Å². The summed E-state index contributed by atoms with van der Waals surface area (Å²) >= 11 is 0. The number of aromatic nitrogens is 2. The van der Waals surface area contributed by atoms with Crippen LogP contribution >= 0.6 is 0 Å². The zero-order valence-electron chi connectivity index (χ0n) is 15.8. The Morgan fingerprint density at radius 2 is 1.72 bits per heavy atom. The Kier molecular flexibility index (Phi) is 4.77. The van der Waals surface area contributed by atoms with Gasteiger partial charge in [-0.15, -0.1) is 0 Å². The van der Waals surface area contributed by atoms with Crippen molar-refractivity contribution in [1.82, 2.24) is 9.97 Å². The van der Waals surface area contributed by atoms with Gasteiger partial charge in [0.05, 0.1) is 6.10 Å². The summed E-state index contributed by atoms with van der Waals surface area (Å²) < 4.78 is 0. The van der Waals surface area contributed by atoms with E-state index in [9.17, 15) is 5.11 Å². The lowest BCUT2D eigenvalue weighted by atomic mass is 9.81. The number of hydrogen-bond acceptors (Lipinski definition) is 1. The summed E-state index contributed by atoms with van der Waals surface area (Å²) in [7, 11) is 0. The van der Waals surface area contributed by atoms with Gasteiger partial charge >= 0.3 is 0 Å². The first kappa shape index (κ1) is 17.0. The molecule has 0 fully saturated rings. The van der Waals surface area contributed by atoms with Crippen LogP contribution in [0.15, 0.2) is 6.20 Å². The predicted octanol–water partition coefficient (Wildman–Crippen LogP) is 5.09. The highest BCUT2D eigenvalue weighted by molar-refractivity contribution is 5.47. The number of fused-ring (bicyclic) bond motifs is 2. The van der Waals surface area contributed by atoms with Crippen molar-refractivity contribution < 1.29 is 5.11 Å². The van der Waals surface area contributed by atoms with E-state index in [1.54, 1.807) is 5.56 Å². The maximum atomic E-state index is 10.5. The van der Waals surface area contributed by atoms with Crippen LogP contribution in [-0.2, 0) is 25.7 Å². The third-order valence-electron chi connectivity index (χ3n) is 6.27. The average molecular weight is 341 g/mol. The minimum atomic E-state index is -0.296. The molecule has 2 unspecified atom stereocenters. The van der Waals surface area contributed by atoms with Gasteiger partial charge in [-0.1, -0.05) is 26.7 Å². The average Bonchev–Trinajstić information content (AvgIpc) is 3.19. The summed E-state index contributed by atoms with van der Waals surface area (Å²) in [6.07, 6.45) is 13.5. The highest BCUT2D eigenvalue weighted by atomic mass is 16.3. The quantitative estimate of drug-likeness (QED) is 0.698. The molecule has 2 aliphatic carbocycles. The number of aromatic amines is 2. The van der Waals surface area contributed by atoms with Crippen molar-refractivity contribution in [2.75, 3.05) is 0 Å². The molecule has 0 radical (unpaired) electrons. The van der Waals surface area contributed by atoms with Crippen LogP contribution in [0.3, 0.4) is 0 Å². The van der Waals surface area contributed by atoms with E-state index in [0.717, 1.165) is 31.4 Å². The van der Waals surface area contributed by atoms with E-state index in [4.69, 9.17) is 0 Å². The van der Waals surface area contributed by atoms with Crippen molar-refractivity contribution in [1.29, 1.82) is 0 Å². The number of nitrogens with one attached hydrogen (secondary N) is 2. The molecule has 3 nitrogen and oxygen atoms in total. The summed E-state index contributed by atoms with van der Waals surface area (Å²) in [5.41, 5.74) is 10.0. The molecule has 0 bridgehead atoms. The van der Waals surface area contributed by atoms with Crippen LogP contribution in [0.4, 0.5) is 0 Å². The predicted molar refractivity (Wildman–Crippen MR) is 102 cm³/mol. The number of H-pyrrole nitrogens is 2. The monoisotopic (exact) mass is 340 g/mol. The molecular formula is C22H32N2O. The maximum Gasteiger partial charge on any atom is 0.0940 e. The van der Waals surface area contributed by atoms with Crippen LogP contribution in [-0.4, -0.2) is 15.1 Å². The van der Waals surface area contributed by atoms with E-state index in [-0.39, 0.29) is 6.10 Å². The van der Waals surface area contributed by atoms with Gasteiger partial charge in [-0.3, -0.25) is 0 Å². The van der Waals surface area contributed by atoms with Gasteiger partial charge in [-0.05, 0) is 73.6 Å². The van der Waals surface area contributed by atoms with Gasteiger partial charge in [0.2, 0.25) is 0 Å². The van der Waals surface area contributed by atoms with E-state index < -0.39 is 0 Å². The standard InChI is InChI=1S/C22H32N2O/c1-3-7-14-13-23-20-15(14)9-5-11-18(20)21-16(8-4-2)17-10-6-12-19(25)22(17)24-21/h13,18-19,23-25H,3-12H2,1-2H3. The van der Waals surface area contributed by atoms with Crippen LogP contribution in [0.5, 0.6) is 0 Å². The third kappa shape index (κ3) is 2.87. The molecule has 2 aliphatic rings. The van der Waals surface area contributed by atoms with Gasteiger partial charge in [-0.2, -0.15) is 0 Å². The SMILES string of the molecule is CCCc1c[nH]c2c1CCCC2c1[nH]c2c(c1CCC)CCCC2O. The zero-order valence-corrected chi connectivity index (χ0v) is 15.8. The molecule has 2 aromatic rings. The van der Waals surface area contributed by atoms with Crippen molar-refractivity contribution >= 4 is 0 Å². The second-order valence-corrected chi connectivity index (χ2v) is 7.97. The summed E-state index contributed by atoms with van der Waals surface area (Å²) in [5.74, 6) is 0.453. The maximum absolute atomic E-state index is 10.5. The highest BCUT2D eigenvalue weighted by Gasteiger charge is 2.32. The molecular weight excluding hydrogens is 308 g/mol. The fourth-order valence-electron chi connectivity index (χ4n) is 5.17. The van der Waals surface area contributed by atoms with Gasteiger partial charge in [0.25, 0.3) is 0 Å². The molecule has 0 saturated carbocycles. The van der Waals surface area contributed by atoms with Crippen LogP contribution in [0.2, 0.25) is 0 Å². The molecule has 0 aromatic carbocycles. The normalized spacial score (nSPS) is 22.7. The van der Waals surface area contributed by atoms with Crippen LogP contribution < -0.4 is 0 Å². The Labute approximate surface area is 151 Å². The van der Waals surface area contributed by atoms with Crippen molar-refractivity contribution in [2.24, 2.45) is 0 Å². The van der Waals surface area contributed by atoms with Gasteiger partial charge in [0.15, 0.2) is 0 Å². The largest absolute Gasteiger partial charge is 0.387 e. The van der Waals surface area contributed by atoms with Crippen LogP contribution in [0.1, 0.15) is 104 Å². The molecule has 2 atom stereocenters. The Hall–Kier alpha value is -1.48. The Bertz CT molecular complexity index is 740. The van der Waals surface area contributed by atoms with Crippen molar-refractivity contribution in [2.45, 2.75) is 90.1 Å². The fourth-order valence-corrected chi connectivity index (χ4v) is 5.17. The van der Waals surface area contributed by atoms with Gasteiger partial charge in [-0.25, -0.2) is 0 Å². The number of rotatable bonds is 5. The lowest BCUT2D eigenvalue weighted by molar-refractivity contribution is 0.152. The lowest BCUT2D eigenvalue weighted by Crippen LogP contribution is -2.13. The number of aryl methyl sites for hydroxylation is 1. The molecule has 3 heteroatoms. The smallest absolute Gasteiger partial charge is 0.0940 e. The van der Waals surface area contributed by atoms with E-state index in [1.807, 2.05) is 0 Å². The zero-order chi connectivity index (χ0) is 17.4. The topological polar surface area (TPSA) is 51.8 Å². The molecule has 4 rings (SSSR count). The first-order valence-electron chi connectivity index (χ1n) is 10.3. The number of aliphatic hydroxyl groups excluding tert-OH is 1. The first-order valence-corrected chi connectivity index (χ1v) is 10.3. The van der Waals surface area contributed by atoms with Gasteiger partial charge in [0, 0.05) is 29.2 Å². The second-order valence-electron chi connectivity index (χ2n) is 7.97. The highest BCUT2D eigenvalue weighted by Crippen LogP contribution is 2.43. The minimum absolute atomic E-state index is 0.296. The molecule has 2 heterocycles. The van der Waals surface area contributed by atoms with Crippen molar-refractivity contribution in [3.05, 3.63) is 45.5 Å². The van der Waals surface area contributed by atoms with E-state index in [1.165, 1.54) is 66.6 Å². The van der Waals surface area contributed by atoms with E-state index in [2.05, 4.69) is 30.0 Å². The first-order chi connectivity index (χ1) is 12.2. The molecule has 0 spiro atoms. The lowest BCUT2D eigenvalue weighted by Gasteiger charge is -2.24. The summed E-state index contributed by atoms with van der Waals surface area (Å²) in [4.78, 5) is 7.36. The molecule has 136 valence electrons. The Morgan fingerprint density at radius 3 is 2.52 bits per heavy atom. The Morgan fingerprint density at radius 1 is 0.960 bits per heavy atom. The molecule has 0 amide bonds.